The lowest BCUT2D eigenvalue weighted by Gasteiger charge is -2.04. The van der Waals surface area contributed by atoms with E-state index in [-0.39, 0.29) is 5.91 Å². The van der Waals surface area contributed by atoms with Crippen molar-refractivity contribution in [1.82, 2.24) is 20.4 Å². The van der Waals surface area contributed by atoms with E-state index >= 15 is 0 Å². The number of aromatic nitrogens is 3. The number of hydrogen-bond donors (Lipinski definition) is 2. The van der Waals surface area contributed by atoms with E-state index in [1.165, 1.54) is 0 Å². The number of nitrogens with zero attached hydrogens (tertiary/aromatic N) is 3. The second-order valence-corrected chi connectivity index (χ2v) is 3.92. The number of pyridine rings is 1. The average Bonchev–Trinajstić information content (AvgIpc) is 2.84. The molecule has 2 aromatic heterocycles. The second kappa shape index (κ2) is 5.94. The third-order valence-electron chi connectivity index (χ3n) is 2.49. The van der Waals surface area contributed by atoms with Crippen molar-refractivity contribution >= 4 is 11.6 Å². The predicted molar refractivity (Wildman–Crippen MR) is 68.9 cm³/mol. The fourth-order valence-corrected chi connectivity index (χ4v) is 1.50. The van der Waals surface area contributed by atoms with E-state index in [1.54, 1.807) is 32.3 Å². The van der Waals surface area contributed by atoms with Gasteiger partial charge in [-0.1, -0.05) is 5.16 Å². The molecule has 2 aromatic rings. The SMILES string of the molecule is CNc1ccc(C(=O)NCCc2noc(C)n2)nc1. The summed E-state index contributed by atoms with van der Waals surface area (Å²) in [7, 11) is 1.80. The van der Waals surface area contributed by atoms with Crippen LogP contribution < -0.4 is 10.6 Å². The number of amides is 1. The molecule has 0 atom stereocenters. The van der Waals surface area contributed by atoms with Crippen molar-refractivity contribution in [2.45, 2.75) is 13.3 Å². The molecule has 0 aliphatic carbocycles. The Morgan fingerprint density at radius 1 is 1.42 bits per heavy atom. The lowest BCUT2D eigenvalue weighted by molar-refractivity contribution is 0.0949. The van der Waals surface area contributed by atoms with Crippen LogP contribution in [0.5, 0.6) is 0 Å². The van der Waals surface area contributed by atoms with Gasteiger partial charge in [-0.25, -0.2) is 4.98 Å². The fraction of sp³-hybridized carbons (Fsp3) is 0.333. The van der Waals surface area contributed by atoms with Gasteiger partial charge in [-0.15, -0.1) is 0 Å². The van der Waals surface area contributed by atoms with Crippen molar-refractivity contribution in [3.8, 4) is 0 Å². The number of carbonyl (C=O) groups is 1. The normalized spacial score (nSPS) is 10.2. The van der Waals surface area contributed by atoms with E-state index in [0.717, 1.165) is 5.69 Å². The van der Waals surface area contributed by atoms with Gasteiger partial charge >= 0.3 is 0 Å². The highest BCUT2D eigenvalue weighted by atomic mass is 16.5. The van der Waals surface area contributed by atoms with Gasteiger partial charge < -0.3 is 15.2 Å². The maximum Gasteiger partial charge on any atom is 0.269 e. The van der Waals surface area contributed by atoms with Gasteiger partial charge in [0.2, 0.25) is 5.89 Å². The zero-order chi connectivity index (χ0) is 13.7. The van der Waals surface area contributed by atoms with Crippen LogP contribution in [0.1, 0.15) is 22.2 Å². The third kappa shape index (κ3) is 3.51. The maximum atomic E-state index is 11.8. The first-order chi connectivity index (χ1) is 9.19. The van der Waals surface area contributed by atoms with Crippen LogP contribution in [0.25, 0.3) is 0 Å². The molecule has 1 amide bonds. The summed E-state index contributed by atoms with van der Waals surface area (Å²) in [6.07, 6.45) is 2.13. The van der Waals surface area contributed by atoms with Gasteiger partial charge in [0.25, 0.3) is 5.91 Å². The molecular weight excluding hydrogens is 246 g/mol. The highest BCUT2D eigenvalue weighted by molar-refractivity contribution is 5.92. The van der Waals surface area contributed by atoms with Crippen LogP contribution >= 0.6 is 0 Å². The van der Waals surface area contributed by atoms with E-state index in [0.29, 0.717) is 30.4 Å². The molecule has 2 N–H and O–H groups in total. The molecule has 100 valence electrons. The van der Waals surface area contributed by atoms with Crippen molar-refractivity contribution in [3.63, 3.8) is 0 Å². The Morgan fingerprint density at radius 3 is 2.84 bits per heavy atom. The summed E-state index contributed by atoms with van der Waals surface area (Å²) in [5, 5.41) is 9.44. The van der Waals surface area contributed by atoms with Gasteiger partial charge in [0, 0.05) is 26.9 Å². The molecule has 7 nitrogen and oxygen atoms in total. The lowest BCUT2D eigenvalue weighted by atomic mass is 10.3. The Bertz CT molecular complexity index is 550. The second-order valence-electron chi connectivity index (χ2n) is 3.92. The summed E-state index contributed by atoms with van der Waals surface area (Å²) < 4.78 is 4.84. The van der Waals surface area contributed by atoms with Crippen LogP contribution in [0.2, 0.25) is 0 Å². The van der Waals surface area contributed by atoms with Crippen LogP contribution in [-0.2, 0) is 6.42 Å². The lowest BCUT2D eigenvalue weighted by Crippen LogP contribution is -2.26. The smallest absolute Gasteiger partial charge is 0.269 e. The molecule has 19 heavy (non-hydrogen) atoms. The molecular formula is C12H15N5O2. The first kappa shape index (κ1) is 13.0. The Labute approximate surface area is 110 Å². The molecule has 7 heteroatoms. The highest BCUT2D eigenvalue weighted by Gasteiger charge is 2.07. The number of anilines is 1. The number of hydrogen-bond acceptors (Lipinski definition) is 6. The minimum atomic E-state index is -0.220. The zero-order valence-corrected chi connectivity index (χ0v) is 10.8. The molecule has 0 aliphatic heterocycles. The van der Waals surface area contributed by atoms with E-state index in [2.05, 4.69) is 25.8 Å². The van der Waals surface area contributed by atoms with E-state index in [1.807, 2.05) is 0 Å². The summed E-state index contributed by atoms with van der Waals surface area (Å²) in [5.41, 5.74) is 1.24. The van der Waals surface area contributed by atoms with Crippen LogP contribution in [0.3, 0.4) is 0 Å². The Kier molecular flexibility index (Phi) is 4.07. The van der Waals surface area contributed by atoms with Gasteiger partial charge in [-0.2, -0.15) is 4.98 Å². The standard InChI is InChI=1S/C12H15N5O2/c1-8-16-11(17-19-8)5-6-14-12(18)10-4-3-9(13-2)7-15-10/h3-4,7,13H,5-6H2,1-2H3,(H,14,18). The topological polar surface area (TPSA) is 92.9 Å². The minimum absolute atomic E-state index is 0.220. The molecule has 0 aliphatic rings. The van der Waals surface area contributed by atoms with Crippen LogP contribution in [0.4, 0.5) is 5.69 Å². The highest BCUT2D eigenvalue weighted by Crippen LogP contribution is 2.04. The van der Waals surface area contributed by atoms with Gasteiger partial charge in [0.05, 0.1) is 11.9 Å². The van der Waals surface area contributed by atoms with Gasteiger partial charge in [-0.05, 0) is 12.1 Å². The Balaban J connectivity index is 1.83. The van der Waals surface area contributed by atoms with Crippen molar-refractivity contribution in [2.24, 2.45) is 0 Å². The molecule has 2 rings (SSSR count). The zero-order valence-electron chi connectivity index (χ0n) is 10.8. The van der Waals surface area contributed by atoms with E-state index in [4.69, 9.17) is 4.52 Å². The molecule has 0 aromatic carbocycles. The van der Waals surface area contributed by atoms with Gasteiger partial charge in [0.1, 0.15) is 5.69 Å². The fourth-order valence-electron chi connectivity index (χ4n) is 1.50. The summed E-state index contributed by atoms with van der Waals surface area (Å²) in [5.74, 6) is 0.879. The molecule has 0 saturated carbocycles. The van der Waals surface area contributed by atoms with Crippen LogP contribution in [0.15, 0.2) is 22.9 Å². The number of nitrogens with one attached hydrogen (secondary N) is 2. The van der Waals surface area contributed by atoms with Crippen LogP contribution in [-0.4, -0.2) is 34.6 Å². The summed E-state index contributed by atoms with van der Waals surface area (Å²) in [4.78, 5) is 19.9. The van der Waals surface area contributed by atoms with E-state index in [9.17, 15) is 4.79 Å². The molecule has 0 radical (unpaired) electrons. The van der Waals surface area contributed by atoms with Crippen molar-refractivity contribution in [3.05, 3.63) is 35.7 Å². The summed E-state index contributed by atoms with van der Waals surface area (Å²) in [6.45, 7) is 2.16. The van der Waals surface area contributed by atoms with Crippen molar-refractivity contribution in [2.75, 3.05) is 18.9 Å². The molecule has 2 heterocycles. The molecule has 0 saturated heterocycles. The minimum Gasteiger partial charge on any atom is -0.387 e. The third-order valence-corrected chi connectivity index (χ3v) is 2.49. The predicted octanol–water partition coefficient (Wildman–Crippen LogP) is 0.787. The molecule has 0 spiro atoms. The number of carbonyl (C=O) groups excluding carboxylic acids is 1. The van der Waals surface area contributed by atoms with Gasteiger partial charge in [-0.3, -0.25) is 4.79 Å². The number of rotatable bonds is 5. The molecule has 0 fully saturated rings. The quantitative estimate of drug-likeness (QED) is 0.826. The Morgan fingerprint density at radius 2 is 2.26 bits per heavy atom. The average molecular weight is 261 g/mol. The number of aryl methyl sites for hydroxylation is 1. The molecule has 0 unspecified atom stereocenters. The van der Waals surface area contributed by atoms with Crippen molar-refractivity contribution < 1.29 is 9.32 Å². The van der Waals surface area contributed by atoms with E-state index < -0.39 is 0 Å². The van der Waals surface area contributed by atoms with Crippen molar-refractivity contribution in [1.29, 1.82) is 0 Å². The largest absolute Gasteiger partial charge is 0.387 e. The Hall–Kier alpha value is -2.44. The first-order valence-electron chi connectivity index (χ1n) is 5.90. The van der Waals surface area contributed by atoms with Gasteiger partial charge in [0.15, 0.2) is 5.82 Å². The monoisotopic (exact) mass is 261 g/mol. The maximum absolute atomic E-state index is 11.8. The summed E-state index contributed by atoms with van der Waals surface area (Å²) in [6, 6.07) is 3.46. The first-order valence-corrected chi connectivity index (χ1v) is 5.90. The van der Waals surface area contributed by atoms with Crippen LogP contribution in [0, 0.1) is 6.92 Å². The molecule has 0 bridgehead atoms. The summed E-state index contributed by atoms with van der Waals surface area (Å²) >= 11 is 0.